The third-order valence-corrected chi connectivity index (χ3v) is 2.98. The Balaban J connectivity index is 2.70. The van der Waals surface area contributed by atoms with Crippen molar-refractivity contribution < 1.29 is 14.5 Å². The van der Waals surface area contributed by atoms with Crippen molar-refractivity contribution >= 4 is 34.8 Å². The van der Waals surface area contributed by atoms with E-state index in [-0.39, 0.29) is 35.4 Å². The molecule has 0 unspecified atom stereocenters. The summed E-state index contributed by atoms with van der Waals surface area (Å²) in [4.78, 5) is 36.7. The van der Waals surface area contributed by atoms with Crippen LogP contribution in [-0.2, 0) is 9.59 Å². The molecule has 0 aliphatic heterocycles. The molecule has 0 heterocycles. The second kappa shape index (κ2) is 7.71. The number of nitro benzene ring substituents is 1. The van der Waals surface area contributed by atoms with Gasteiger partial charge in [-0.15, -0.1) is 0 Å². The van der Waals surface area contributed by atoms with Crippen LogP contribution in [0.15, 0.2) is 18.2 Å². The first-order valence-corrected chi connectivity index (χ1v) is 6.71. The van der Waals surface area contributed by atoms with Crippen molar-refractivity contribution in [2.24, 2.45) is 0 Å². The van der Waals surface area contributed by atoms with E-state index in [1.807, 2.05) is 0 Å². The molecule has 9 heteroatoms. The van der Waals surface area contributed by atoms with Gasteiger partial charge in [-0.25, -0.2) is 0 Å². The molecule has 0 aliphatic rings. The largest absolute Gasteiger partial charge is 0.348 e. The first-order valence-electron chi connectivity index (χ1n) is 6.33. The number of anilines is 1. The van der Waals surface area contributed by atoms with Crippen molar-refractivity contribution in [2.75, 3.05) is 39.5 Å². The number of benzene rings is 1. The summed E-state index contributed by atoms with van der Waals surface area (Å²) in [7, 11) is 4.85. The minimum atomic E-state index is -0.624. The maximum atomic E-state index is 11.9. The lowest BCUT2D eigenvalue weighted by atomic mass is 10.2. The number of nitro groups is 1. The first-order chi connectivity index (χ1) is 10.2. The number of carbonyl (C=O) groups excluding carboxylic acids is 2. The monoisotopic (exact) mass is 328 g/mol. The average molecular weight is 329 g/mol. The molecule has 0 atom stereocenters. The van der Waals surface area contributed by atoms with Crippen LogP contribution < -0.4 is 5.32 Å². The van der Waals surface area contributed by atoms with E-state index in [0.29, 0.717) is 0 Å². The number of rotatable bonds is 6. The quantitative estimate of drug-likeness (QED) is 0.625. The van der Waals surface area contributed by atoms with Crippen LogP contribution in [0.4, 0.5) is 11.4 Å². The lowest BCUT2D eigenvalue weighted by molar-refractivity contribution is -0.383. The standard InChI is InChI=1S/C13H17ClN4O4/c1-16(2)13(20)8-17(3)7-12(19)15-10-5-4-9(14)6-11(10)18(21)22/h4-6H,7-8H2,1-3H3,(H,15,19). The Kier molecular flexibility index (Phi) is 6.26. The predicted molar refractivity (Wildman–Crippen MR) is 82.9 cm³/mol. The van der Waals surface area contributed by atoms with E-state index < -0.39 is 10.8 Å². The highest BCUT2D eigenvalue weighted by Gasteiger charge is 2.18. The Morgan fingerprint density at radius 2 is 1.91 bits per heavy atom. The van der Waals surface area contributed by atoms with Gasteiger partial charge in [0.2, 0.25) is 11.8 Å². The molecule has 120 valence electrons. The SMILES string of the molecule is CN(CC(=O)Nc1ccc(Cl)cc1[N+](=O)[O-])CC(=O)N(C)C. The van der Waals surface area contributed by atoms with Gasteiger partial charge in [0.1, 0.15) is 5.69 Å². The summed E-state index contributed by atoms with van der Waals surface area (Å²) in [6.07, 6.45) is 0. The summed E-state index contributed by atoms with van der Waals surface area (Å²) < 4.78 is 0. The zero-order chi connectivity index (χ0) is 16.9. The number of hydrogen-bond acceptors (Lipinski definition) is 5. The minimum absolute atomic E-state index is 0.0618. The summed E-state index contributed by atoms with van der Waals surface area (Å²) >= 11 is 5.70. The summed E-state index contributed by atoms with van der Waals surface area (Å²) in [5.74, 6) is -0.604. The molecule has 2 amide bonds. The molecule has 0 radical (unpaired) electrons. The second-order valence-corrected chi connectivity index (χ2v) is 5.36. The van der Waals surface area contributed by atoms with Crippen LogP contribution in [0.5, 0.6) is 0 Å². The fraction of sp³-hybridized carbons (Fsp3) is 0.385. The van der Waals surface area contributed by atoms with Gasteiger partial charge in [0.25, 0.3) is 5.69 Å². The number of nitrogens with one attached hydrogen (secondary N) is 1. The maximum Gasteiger partial charge on any atom is 0.294 e. The fourth-order valence-corrected chi connectivity index (χ4v) is 1.79. The van der Waals surface area contributed by atoms with Crippen LogP contribution in [0.2, 0.25) is 5.02 Å². The zero-order valence-electron chi connectivity index (χ0n) is 12.5. The molecule has 0 saturated heterocycles. The van der Waals surface area contributed by atoms with Gasteiger partial charge in [-0.3, -0.25) is 24.6 Å². The lowest BCUT2D eigenvalue weighted by Gasteiger charge is -2.18. The molecule has 1 rings (SSSR count). The van der Waals surface area contributed by atoms with Gasteiger partial charge in [0.15, 0.2) is 0 Å². The molecule has 0 aliphatic carbocycles. The van der Waals surface area contributed by atoms with E-state index >= 15 is 0 Å². The summed E-state index contributed by atoms with van der Waals surface area (Å²) in [5.41, 5.74) is -0.223. The fourth-order valence-electron chi connectivity index (χ4n) is 1.62. The van der Waals surface area contributed by atoms with Crippen LogP contribution in [-0.4, -0.2) is 60.8 Å². The number of halogens is 1. The Labute approximate surface area is 132 Å². The second-order valence-electron chi connectivity index (χ2n) is 4.93. The van der Waals surface area contributed by atoms with Crippen molar-refractivity contribution in [3.8, 4) is 0 Å². The topological polar surface area (TPSA) is 95.8 Å². The molecule has 1 N–H and O–H groups in total. The van der Waals surface area contributed by atoms with Crippen molar-refractivity contribution in [3.63, 3.8) is 0 Å². The molecule has 1 aromatic carbocycles. The first kappa shape index (κ1) is 17.9. The molecule has 22 heavy (non-hydrogen) atoms. The molecule has 0 saturated carbocycles. The van der Waals surface area contributed by atoms with Crippen molar-refractivity contribution in [1.82, 2.24) is 9.80 Å². The normalized spacial score (nSPS) is 10.4. The van der Waals surface area contributed by atoms with Crippen LogP contribution in [0.3, 0.4) is 0 Å². The average Bonchev–Trinajstić information content (AvgIpc) is 2.39. The number of amides is 2. The van der Waals surface area contributed by atoms with E-state index in [1.54, 1.807) is 21.1 Å². The molecular formula is C13H17ClN4O4. The predicted octanol–water partition coefficient (Wildman–Crippen LogP) is 1.21. The number of carbonyl (C=O) groups is 2. The molecule has 0 aromatic heterocycles. The van der Waals surface area contributed by atoms with Crippen LogP contribution in [0, 0.1) is 10.1 Å². The van der Waals surface area contributed by atoms with Crippen LogP contribution in [0.25, 0.3) is 0 Å². The number of likely N-dealkylation sites (N-methyl/N-ethyl adjacent to an activating group) is 2. The van der Waals surface area contributed by atoms with Gasteiger partial charge in [-0.1, -0.05) is 11.6 Å². The van der Waals surface area contributed by atoms with E-state index in [1.165, 1.54) is 21.9 Å². The van der Waals surface area contributed by atoms with E-state index in [4.69, 9.17) is 11.6 Å². The minimum Gasteiger partial charge on any atom is -0.348 e. The number of nitrogens with zero attached hydrogens (tertiary/aromatic N) is 3. The van der Waals surface area contributed by atoms with Gasteiger partial charge in [-0.2, -0.15) is 0 Å². The van der Waals surface area contributed by atoms with Crippen LogP contribution in [0.1, 0.15) is 0 Å². The van der Waals surface area contributed by atoms with E-state index in [2.05, 4.69) is 5.32 Å². The van der Waals surface area contributed by atoms with Gasteiger partial charge in [-0.05, 0) is 19.2 Å². The third kappa shape index (κ3) is 5.30. The Morgan fingerprint density at radius 3 is 2.45 bits per heavy atom. The highest BCUT2D eigenvalue weighted by atomic mass is 35.5. The zero-order valence-corrected chi connectivity index (χ0v) is 13.3. The van der Waals surface area contributed by atoms with Gasteiger partial charge in [0.05, 0.1) is 18.0 Å². The van der Waals surface area contributed by atoms with Crippen LogP contribution >= 0.6 is 11.6 Å². The molecule has 0 fully saturated rings. The van der Waals surface area contributed by atoms with Crippen molar-refractivity contribution in [1.29, 1.82) is 0 Å². The molecule has 0 bridgehead atoms. The lowest BCUT2D eigenvalue weighted by Crippen LogP contribution is -2.38. The molecule has 8 nitrogen and oxygen atoms in total. The van der Waals surface area contributed by atoms with Crippen molar-refractivity contribution in [2.45, 2.75) is 0 Å². The summed E-state index contributed by atoms with van der Waals surface area (Å²) in [6.45, 7) is 0.00247. The van der Waals surface area contributed by atoms with Gasteiger partial charge < -0.3 is 10.2 Å². The highest BCUT2D eigenvalue weighted by Crippen LogP contribution is 2.27. The Hall–Kier alpha value is -2.19. The van der Waals surface area contributed by atoms with Gasteiger partial charge >= 0.3 is 0 Å². The maximum absolute atomic E-state index is 11.9. The smallest absolute Gasteiger partial charge is 0.294 e. The Morgan fingerprint density at radius 1 is 1.27 bits per heavy atom. The summed E-state index contributed by atoms with van der Waals surface area (Å²) in [5, 5.41) is 13.6. The molecule has 0 spiro atoms. The third-order valence-electron chi connectivity index (χ3n) is 2.75. The van der Waals surface area contributed by atoms with E-state index in [0.717, 1.165) is 6.07 Å². The highest BCUT2D eigenvalue weighted by molar-refractivity contribution is 6.31. The number of hydrogen-bond donors (Lipinski definition) is 1. The van der Waals surface area contributed by atoms with E-state index in [9.17, 15) is 19.7 Å². The summed E-state index contributed by atoms with van der Waals surface area (Å²) in [6, 6.07) is 3.98. The molecular weight excluding hydrogens is 312 g/mol. The Bertz CT molecular complexity index is 591. The van der Waals surface area contributed by atoms with Gasteiger partial charge in [0, 0.05) is 25.2 Å². The molecule has 1 aromatic rings. The van der Waals surface area contributed by atoms with Crippen molar-refractivity contribution in [3.05, 3.63) is 33.3 Å².